The van der Waals surface area contributed by atoms with E-state index in [2.05, 4.69) is 5.32 Å². The average molecular weight is 336 g/mol. The molecule has 122 valence electrons. The van der Waals surface area contributed by atoms with Crippen molar-refractivity contribution in [3.8, 4) is 0 Å². The highest BCUT2D eigenvalue weighted by atomic mass is 35.5. The third kappa shape index (κ3) is 4.78. The Morgan fingerprint density at radius 1 is 1.22 bits per heavy atom. The molecule has 0 aliphatic carbocycles. The Morgan fingerprint density at radius 3 is 2.57 bits per heavy atom. The molecule has 1 unspecified atom stereocenters. The van der Waals surface area contributed by atoms with Crippen LogP contribution in [0.3, 0.4) is 0 Å². The van der Waals surface area contributed by atoms with Gasteiger partial charge < -0.3 is 10.2 Å². The summed E-state index contributed by atoms with van der Waals surface area (Å²) >= 11 is 6.05. The number of carbonyl (C=O) groups excluding carboxylic acids is 1. The molecule has 2 atom stereocenters. The van der Waals surface area contributed by atoms with Gasteiger partial charge in [0.15, 0.2) is 6.04 Å². The van der Waals surface area contributed by atoms with E-state index in [1.54, 1.807) is 12.1 Å². The molecule has 0 fully saturated rings. The van der Waals surface area contributed by atoms with Gasteiger partial charge in [-0.15, -0.1) is 0 Å². The maximum Gasteiger partial charge on any atom is 0.278 e. The van der Waals surface area contributed by atoms with Gasteiger partial charge in [-0.2, -0.15) is 0 Å². The van der Waals surface area contributed by atoms with Gasteiger partial charge in [0.05, 0.1) is 17.6 Å². The summed E-state index contributed by atoms with van der Waals surface area (Å²) in [5.74, 6) is -0.410. The normalized spacial score (nSPS) is 13.4. The van der Waals surface area contributed by atoms with Gasteiger partial charge in [-0.25, -0.2) is 4.39 Å². The predicted molar refractivity (Wildman–Crippen MR) is 89.8 cm³/mol. The predicted octanol–water partition coefficient (Wildman–Crippen LogP) is 2.20. The largest absolute Gasteiger partial charge is 0.347 e. The van der Waals surface area contributed by atoms with E-state index in [0.29, 0.717) is 23.7 Å². The lowest BCUT2D eigenvalue weighted by atomic mass is 10.1. The van der Waals surface area contributed by atoms with Crippen LogP contribution in [-0.2, 0) is 17.9 Å². The van der Waals surface area contributed by atoms with Crippen molar-refractivity contribution in [1.82, 2.24) is 5.32 Å². The first-order valence-corrected chi connectivity index (χ1v) is 7.93. The van der Waals surface area contributed by atoms with E-state index in [-0.39, 0.29) is 17.8 Å². The van der Waals surface area contributed by atoms with Gasteiger partial charge in [-0.05, 0) is 24.6 Å². The summed E-state index contributed by atoms with van der Waals surface area (Å²) < 4.78 is 13.8. The average Bonchev–Trinajstić information content (AvgIpc) is 2.56. The number of hydrogen-bond acceptors (Lipinski definition) is 1. The Balaban J connectivity index is 1.93. The second-order valence-electron chi connectivity index (χ2n) is 5.65. The number of amides is 1. The summed E-state index contributed by atoms with van der Waals surface area (Å²) in [4.78, 5) is 13.1. The van der Waals surface area contributed by atoms with Crippen molar-refractivity contribution in [3.05, 3.63) is 70.5 Å². The quantitative estimate of drug-likeness (QED) is 0.833. The van der Waals surface area contributed by atoms with Crippen LogP contribution in [0.15, 0.2) is 48.5 Å². The number of hydrogen-bond donors (Lipinski definition) is 2. The summed E-state index contributed by atoms with van der Waals surface area (Å²) in [6, 6.07) is 14.0. The lowest BCUT2D eigenvalue weighted by Gasteiger charge is -2.21. The molecule has 2 N–H and O–H groups in total. The molecular weight excluding hydrogens is 315 g/mol. The van der Waals surface area contributed by atoms with Gasteiger partial charge in [0.2, 0.25) is 0 Å². The van der Waals surface area contributed by atoms with Crippen LogP contribution in [0.4, 0.5) is 4.39 Å². The first-order valence-electron chi connectivity index (χ1n) is 7.56. The number of nitrogens with one attached hydrogen (secondary N) is 2. The van der Waals surface area contributed by atoms with E-state index in [4.69, 9.17) is 11.6 Å². The number of halogens is 2. The molecule has 0 saturated carbocycles. The van der Waals surface area contributed by atoms with Crippen molar-refractivity contribution in [2.45, 2.75) is 26.1 Å². The smallest absolute Gasteiger partial charge is 0.278 e. The third-order valence-electron chi connectivity index (χ3n) is 3.96. The van der Waals surface area contributed by atoms with Gasteiger partial charge in [-0.3, -0.25) is 4.79 Å². The summed E-state index contributed by atoms with van der Waals surface area (Å²) in [5, 5.41) is 3.30. The van der Waals surface area contributed by atoms with E-state index < -0.39 is 0 Å². The molecule has 0 bridgehead atoms. The van der Waals surface area contributed by atoms with Crippen LogP contribution in [0.2, 0.25) is 5.02 Å². The molecule has 3 nitrogen and oxygen atoms in total. The van der Waals surface area contributed by atoms with Gasteiger partial charge in [-0.1, -0.05) is 48.0 Å². The van der Waals surface area contributed by atoms with Gasteiger partial charge in [0.1, 0.15) is 12.4 Å². The molecule has 2 rings (SSSR count). The van der Waals surface area contributed by atoms with Crippen molar-refractivity contribution in [2.75, 3.05) is 7.05 Å². The van der Waals surface area contributed by atoms with Crippen LogP contribution < -0.4 is 10.2 Å². The molecule has 0 heterocycles. The summed E-state index contributed by atoms with van der Waals surface area (Å²) in [6.45, 7) is 2.66. The fourth-order valence-electron chi connectivity index (χ4n) is 2.30. The lowest BCUT2D eigenvalue weighted by molar-refractivity contribution is -0.908. The number of rotatable bonds is 6. The number of carbonyl (C=O) groups is 1. The molecule has 1 amide bonds. The number of benzene rings is 2. The molecule has 0 aliphatic rings. The van der Waals surface area contributed by atoms with E-state index in [1.807, 2.05) is 44.3 Å². The highest BCUT2D eigenvalue weighted by Gasteiger charge is 2.23. The second-order valence-corrected chi connectivity index (χ2v) is 6.06. The highest BCUT2D eigenvalue weighted by Crippen LogP contribution is 2.17. The van der Waals surface area contributed by atoms with Crippen molar-refractivity contribution >= 4 is 17.5 Å². The Hall–Kier alpha value is -1.91. The minimum Gasteiger partial charge on any atom is -0.347 e. The minimum absolute atomic E-state index is 0.0705. The maximum atomic E-state index is 13.8. The van der Waals surface area contributed by atoms with Crippen LogP contribution in [0, 0.1) is 5.82 Å². The molecule has 0 saturated heterocycles. The van der Waals surface area contributed by atoms with Crippen molar-refractivity contribution in [1.29, 1.82) is 0 Å². The zero-order valence-corrected chi connectivity index (χ0v) is 14.0. The monoisotopic (exact) mass is 335 g/mol. The Labute approximate surface area is 141 Å². The Kier molecular flexibility index (Phi) is 6.13. The fraction of sp³-hybridized carbons (Fsp3) is 0.278. The Bertz CT molecular complexity index is 643. The summed E-state index contributed by atoms with van der Waals surface area (Å²) in [7, 11) is 1.86. The standard InChI is InChI=1S/C18H20ClFN2O/c1-13(18(23)21-11-14-7-4-3-5-8-14)22(2)12-15-16(19)9-6-10-17(15)20/h3-10,13H,11-12H2,1-2H3,(H,21,23)/p+1/t13-/m0/s1. The first-order chi connectivity index (χ1) is 11.0. The van der Waals surface area contributed by atoms with Gasteiger partial charge in [0, 0.05) is 6.54 Å². The zero-order chi connectivity index (χ0) is 16.8. The Morgan fingerprint density at radius 2 is 1.91 bits per heavy atom. The van der Waals surface area contributed by atoms with Gasteiger partial charge >= 0.3 is 0 Å². The fourth-order valence-corrected chi connectivity index (χ4v) is 2.52. The molecule has 5 heteroatoms. The molecule has 2 aromatic rings. The third-order valence-corrected chi connectivity index (χ3v) is 4.31. The van der Waals surface area contributed by atoms with E-state index in [0.717, 1.165) is 10.5 Å². The van der Waals surface area contributed by atoms with Crippen LogP contribution in [-0.4, -0.2) is 19.0 Å². The van der Waals surface area contributed by atoms with Gasteiger partial charge in [0.25, 0.3) is 5.91 Å². The highest BCUT2D eigenvalue weighted by molar-refractivity contribution is 6.31. The van der Waals surface area contributed by atoms with E-state index >= 15 is 0 Å². The van der Waals surface area contributed by atoms with Crippen molar-refractivity contribution < 1.29 is 14.1 Å². The van der Waals surface area contributed by atoms with E-state index in [1.165, 1.54) is 6.07 Å². The molecule has 0 spiro atoms. The SMILES string of the molecule is C[C@@H](C(=O)NCc1ccccc1)[NH+](C)Cc1c(F)cccc1Cl. The van der Waals surface area contributed by atoms with Crippen LogP contribution in [0.1, 0.15) is 18.1 Å². The molecule has 2 aromatic carbocycles. The second kappa shape index (κ2) is 8.09. The molecular formula is C18H21ClFN2O+. The number of quaternary nitrogens is 1. The van der Waals surface area contributed by atoms with Crippen LogP contribution >= 0.6 is 11.6 Å². The minimum atomic E-state index is -0.339. The van der Waals surface area contributed by atoms with Crippen molar-refractivity contribution in [2.24, 2.45) is 0 Å². The molecule has 0 aromatic heterocycles. The molecule has 0 radical (unpaired) electrons. The lowest BCUT2D eigenvalue weighted by Crippen LogP contribution is -3.12. The van der Waals surface area contributed by atoms with Crippen molar-refractivity contribution in [3.63, 3.8) is 0 Å². The van der Waals surface area contributed by atoms with E-state index in [9.17, 15) is 9.18 Å². The maximum absolute atomic E-state index is 13.8. The summed E-state index contributed by atoms with van der Waals surface area (Å²) in [5.41, 5.74) is 1.48. The number of likely N-dealkylation sites (N-methyl/N-ethyl adjacent to an activating group) is 1. The zero-order valence-electron chi connectivity index (χ0n) is 13.3. The molecule has 23 heavy (non-hydrogen) atoms. The topological polar surface area (TPSA) is 33.5 Å². The molecule has 0 aliphatic heterocycles. The summed E-state index contributed by atoms with van der Waals surface area (Å²) in [6.07, 6.45) is 0. The van der Waals surface area contributed by atoms with Crippen LogP contribution in [0.25, 0.3) is 0 Å². The van der Waals surface area contributed by atoms with Crippen LogP contribution in [0.5, 0.6) is 0 Å². The first kappa shape index (κ1) is 17.4.